The SMILES string of the molecule is CN1[B]N(c2ccc(F)cn2)CC1.[Ir]. The third kappa shape index (κ3) is 2.53. The first-order valence-corrected chi connectivity index (χ1v) is 4.19. The summed E-state index contributed by atoms with van der Waals surface area (Å²) in [5.74, 6) is 0.502. The topological polar surface area (TPSA) is 19.4 Å². The number of hydrogen-bond acceptors (Lipinski definition) is 3. The van der Waals surface area contributed by atoms with E-state index in [1.54, 1.807) is 6.07 Å². The molecule has 1 fully saturated rings. The fraction of sp³-hybridized carbons (Fsp3) is 0.375. The molecular weight excluding hydrogens is 360 g/mol. The number of aromatic nitrogens is 1. The summed E-state index contributed by atoms with van der Waals surface area (Å²) in [7, 11) is 3.98. The van der Waals surface area contributed by atoms with Gasteiger partial charge in [-0.25, -0.2) is 9.37 Å². The molecule has 1 aliphatic heterocycles. The van der Waals surface area contributed by atoms with Gasteiger partial charge in [-0.15, -0.1) is 0 Å². The number of pyridine rings is 1. The second-order valence-electron chi connectivity index (χ2n) is 3.12. The zero-order valence-corrected chi connectivity index (χ0v) is 10.2. The smallest absolute Gasteiger partial charge is 0.353 e. The van der Waals surface area contributed by atoms with Gasteiger partial charge < -0.3 is 9.62 Å². The molecule has 0 N–H and O–H groups in total. The fourth-order valence-electron chi connectivity index (χ4n) is 1.33. The number of nitrogens with zero attached hydrogens (tertiary/aromatic N) is 3. The minimum atomic E-state index is -0.295. The van der Waals surface area contributed by atoms with Crippen LogP contribution in [0.3, 0.4) is 0 Å². The van der Waals surface area contributed by atoms with E-state index in [1.807, 2.05) is 19.4 Å². The van der Waals surface area contributed by atoms with E-state index in [4.69, 9.17) is 0 Å². The molecule has 1 saturated heterocycles. The summed E-state index contributed by atoms with van der Waals surface area (Å²) in [6, 6.07) is 3.11. The third-order valence-electron chi connectivity index (χ3n) is 2.04. The van der Waals surface area contributed by atoms with Crippen LogP contribution in [-0.4, -0.2) is 37.5 Å². The van der Waals surface area contributed by atoms with Crippen LogP contribution in [0.25, 0.3) is 0 Å². The zero-order chi connectivity index (χ0) is 9.26. The van der Waals surface area contributed by atoms with E-state index in [-0.39, 0.29) is 25.9 Å². The van der Waals surface area contributed by atoms with Crippen molar-refractivity contribution >= 4 is 13.4 Å². The van der Waals surface area contributed by atoms with Crippen molar-refractivity contribution in [3.63, 3.8) is 0 Å². The minimum Gasteiger partial charge on any atom is -0.388 e. The van der Waals surface area contributed by atoms with Gasteiger partial charge in [0, 0.05) is 33.2 Å². The summed E-state index contributed by atoms with van der Waals surface area (Å²) in [6.07, 6.45) is 1.24. The molecule has 0 bridgehead atoms. The Kier molecular flexibility index (Phi) is 4.04. The van der Waals surface area contributed by atoms with E-state index >= 15 is 0 Å². The van der Waals surface area contributed by atoms with Crippen LogP contribution in [0.5, 0.6) is 0 Å². The minimum absolute atomic E-state index is 0. The van der Waals surface area contributed by atoms with Crippen molar-refractivity contribution in [1.82, 2.24) is 9.79 Å². The van der Waals surface area contributed by atoms with Crippen molar-refractivity contribution < 1.29 is 24.5 Å². The third-order valence-corrected chi connectivity index (χ3v) is 2.04. The molecule has 0 aliphatic carbocycles. The second-order valence-corrected chi connectivity index (χ2v) is 3.12. The first kappa shape index (κ1) is 11.6. The van der Waals surface area contributed by atoms with Crippen molar-refractivity contribution in [2.45, 2.75) is 0 Å². The Morgan fingerprint density at radius 1 is 1.43 bits per heavy atom. The number of anilines is 1. The van der Waals surface area contributed by atoms with Gasteiger partial charge in [0.15, 0.2) is 0 Å². The Labute approximate surface area is 96.9 Å². The fourth-order valence-corrected chi connectivity index (χ4v) is 1.33. The summed E-state index contributed by atoms with van der Waals surface area (Å²) < 4.78 is 12.5. The van der Waals surface area contributed by atoms with Gasteiger partial charge in [0.2, 0.25) is 0 Å². The van der Waals surface area contributed by atoms with Crippen LogP contribution >= 0.6 is 0 Å². The molecule has 2 heterocycles. The molecule has 1 aliphatic rings. The van der Waals surface area contributed by atoms with Gasteiger partial charge in [0.05, 0.1) is 6.20 Å². The molecule has 0 aromatic carbocycles. The summed E-state index contributed by atoms with van der Waals surface area (Å²) >= 11 is 0. The predicted molar refractivity (Wildman–Crippen MR) is 49.9 cm³/mol. The Morgan fingerprint density at radius 3 is 2.71 bits per heavy atom. The van der Waals surface area contributed by atoms with Crippen LogP contribution in [-0.2, 0) is 20.1 Å². The standard InChI is InChI=1S/C8H10BFN3.Ir/c1-12-4-5-13(9-12)8-3-2-7(10)6-11-8;/h2-3,6H,4-5H2,1H3;. The molecule has 0 saturated carbocycles. The van der Waals surface area contributed by atoms with Gasteiger partial charge in [0.25, 0.3) is 0 Å². The van der Waals surface area contributed by atoms with Crippen LogP contribution in [0.15, 0.2) is 18.3 Å². The first-order valence-electron chi connectivity index (χ1n) is 4.19. The molecule has 6 heteroatoms. The van der Waals surface area contributed by atoms with E-state index in [1.165, 1.54) is 12.3 Å². The predicted octanol–water partition coefficient (Wildman–Crippen LogP) is 0.504. The molecule has 2 rings (SSSR count). The maximum atomic E-state index is 12.5. The number of hydrogen-bond donors (Lipinski definition) is 0. The van der Waals surface area contributed by atoms with Gasteiger partial charge in [-0.1, -0.05) is 0 Å². The molecule has 0 amide bonds. The van der Waals surface area contributed by atoms with Crippen LogP contribution in [0.4, 0.5) is 10.2 Å². The van der Waals surface area contributed by atoms with Crippen molar-refractivity contribution in [3.8, 4) is 0 Å². The molecule has 0 atom stereocenters. The van der Waals surface area contributed by atoms with E-state index < -0.39 is 0 Å². The van der Waals surface area contributed by atoms with E-state index in [9.17, 15) is 4.39 Å². The summed E-state index contributed by atoms with van der Waals surface area (Å²) in [6.45, 7) is 1.90. The normalized spacial score (nSPS) is 16.3. The van der Waals surface area contributed by atoms with Crippen molar-refractivity contribution in [1.29, 1.82) is 0 Å². The largest absolute Gasteiger partial charge is 0.388 e. The number of rotatable bonds is 1. The van der Waals surface area contributed by atoms with Gasteiger partial charge in [-0.05, 0) is 19.2 Å². The molecule has 2 radical (unpaired) electrons. The molecule has 76 valence electrons. The molecule has 0 unspecified atom stereocenters. The van der Waals surface area contributed by atoms with Crippen molar-refractivity contribution in [2.75, 3.05) is 24.9 Å². The van der Waals surface area contributed by atoms with Crippen LogP contribution in [0.1, 0.15) is 0 Å². The average molecular weight is 370 g/mol. The summed E-state index contributed by atoms with van der Waals surface area (Å²) in [4.78, 5) is 8.06. The second kappa shape index (κ2) is 4.87. The van der Waals surface area contributed by atoms with Gasteiger partial charge in [0.1, 0.15) is 11.6 Å². The maximum Gasteiger partial charge on any atom is 0.353 e. The summed E-state index contributed by atoms with van der Waals surface area (Å²) in [5, 5.41) is 0. The molecular formula is C8H10BFIrN3. The van der Waals surface area contributed by atoms with Crippen molar-refractivity contribution in [2.24, 2.45) is 0 Å². The summed E-state index contributed by atoms with van der Waals surface area (Å²) in [5.41, 5.74) is 0. The van der Waals surface area contributed by atoms with E-state index in [0.29, 0.717) is 0 Å². The van der Waals surface area contributed by atoms with Gasteiger partial charge in [-0.3, -0.25) is 0 Å². The monoisotopic (exact) mass is 371 g/mol. The Bertz CT molecular complexity index is 295. The number of halogens is 1. The van der Waals surface area contributed by atoms with Crippen LogP contribution in [0.2, 0.25) is 0 Å². The van der Waals surface area contributed by atoms with E-state index in [2.05, 4.69) is 9.79 Å². The van der Waals surface area contributed by atoms with Crippen molar-refractivity contribution in [3.05, 3.63) is 24.1 Å². The quantitative estimate of drug-likeness (QED) is 0.672. The first-order chi connectivity index (χ1) is 6.25. The zero-order valence-electron chi connectivity index (χ0n) is 7.78. The van der Waals surface area contributed by atoms with Crippen LogP contribution < -0.4 is 4.81 Å². The van der Waals surface area contributed by atoms with Gasteiger partial charge >= 0.3 is 7.55 Å². The molecule has 1 aromatic heterocycles. The molecule has 3 nitrogen and oxygen atoms in total. The Hall–Kier alpha value is -0.446. The molecule has 0 spiro atoms. The van der Waals surface area contributed by atoms with E-state index in [0.717, 1.165) is 18.9 Å². The maximum absolute atomic E-state index is 12.5. The Morgan fingerprint density at radius 2 is 2.21 bits per heavy atom. The average Bonchev–Trinajstić information content (AvgIpc) is 2.53. The Balaban J connectivity index is 0.000000980. The van der Waals surface area contributed by atoms with Crippen LogP contribution in [0, 0.1) is 5.82 Å². The van der Waals surface area contributed by atoms with Gasteiger partial charge in [-0.2, -0.15) is 0 Å². The molecule has 1 aromatic rings. The molecule has 14 heavy (non-hydrogen) atoms. The number of likely N-dealkylation sites (N-methyl/N-ethyl adjacent to an activating group) is 1.